The van der Waals surface area contributed by atoms with Gasteiger partial charge in [-0.1, -0.05) is 37.6 Å². The Morgan fingerprint density at radius 3 is 2.44 bits per heavy atom. The highest BCUT2D eigenvalue weighted by Crippen LogP contribution is 2.25. The molecule has 0 fully saturated rings. The fourth-order valence-corrected chi connectivity index (χ4v) is 2.29. The van der Waals surface area contributed by atoms with E-state index in [0.29, 0.717) is 6.54 Å². The second-order valence-electron chi connectivity index (χ2n) is 5.08. The Morgan fingerprint density at radius 1 is 1.33 bits per heavy atom. The summed E-state index contributed by atoms with van der Waals surface area (Å²) in [5.74, 6) is 0. The highest BCUT2D eigenvalue weighted by atomic mass is 35.5. The Labute approximate surface area is 116 Å². The van der Waals surface area contributed by atoms with Gasteiger partial charge >= 0.3 is 0 Å². The third-order valence-electron chi connectivity index (χ3n) is 3.85. The van der Waals surface area contributed by atoms with Crippen LogP contribution in [0, 0.1) is 0 Å². The molecule has 0 spiro atoms. The quantitative estimate of drug-likeness (QED) is 0.847. The Morgan fingerprint density at radius 2 is 1.94 bits per heavy atom. The zero-order valence-electron chi connectivity index (χ0n) is 11.8. The average Bonchev–Trinajstić information content (AvgIpc) is 2.37. The zero-order valence-corrected chi connectivity index (χ0v) is 12.5. The number of hydrogen-bond acceptors (Lipinski definition) is 2. The van der Waals surface area contributed by atoms with Gasteiger partial charge in [-0.25, -0.2) is 0 Å². The summed E-state index contributed by atoms with van der Waals surface area (Å²) in [4.78, 5) is 2.18. The Balaban J connectivity index is 2.75. The van der Waals surface area contributed by atoms with Crippen LogP contribution in [0.1, 0.15) is 45.2 Å². The molecule has 0 heterocycles. The van der Waals surface area contributed by atoms with Crippen molar-refractivity contribution >= 4 is 11.6 Å². The van der Waals surface area contributed by atoms with Crippen LogP contribution in [-0.2, 0) is 0 Å². The molecule has 0 saturated heterocycles. The molecule has 0 radical (unpaired) electrons. The van der Waals surface area contributed by atoms with Gasteiger partial charge in [0.05, 0.1) is 5.60 Å². The van der Waals surface area contributed by atoms with Crippen molar-refractivity contribution in [3.05, 3.63) is 34.9 Å². The van der Waals surface area contributed by atoms with Crippen molar-refractivity contribution in [1.82, 2.24) is 4.90 Å². The summed E-state index contributed by atoms with van der Waals surface area (Å²) < 4.78 is 0. The van der Waals surface area contributed by atoms with Crippen LogP contribution in [0.5, 0.6) is 0 Å². The lowest BCUT2D eigenvalue weighted by Crippen LogP contribution is -2.41. The van der Waals surface area contributed by atoms with E-state index in [0.717, 1.165) is 17.9 Å². The highest BCUT2D eigenvalue weighted by Gasteiger charge is 2.26. The Hall–Kier alpha value is -0.570. The summed E-state index contributed by atoms with van der Waals surface area (Å²) in [5, 5.41) is 11.1. The van der Waals surface area contributed by atoms with Crippen molar-refractivity contribution in [2.45, 2.75) is 45.3 Å². The van der Waals surface area contributed by atoms with Gasteiger partial charge in [0.2, 0.25) is 0 Å². The number of rotatable bonds is 6. The maximum absolute atomic E-state index is 10.4. The molecule has 102 valence electrons. The van der Waals surface area contributed by atoms with Crippen molar-refractivity contribution < 1.29 is 5.11 Å². The number of hydrogen-bond donors (Lipinski definition) is 1. The molecule has 2 nitrogen and oxygen atoms in total. The number of nitrogens with zero attached hydrogens (tertiary/aromatic N) is 1. The summed E-state index contributed by atoms with van der Waals surface area (Å²) in [6, 6.07) is 8.15. The van der Waals surface area contributed by atoms with Crippen LogP contribution in [0.3, 0.4) is 0 Å². The van der Waals surface area contributed by atoms with Crippen molar-refractivity contribution in [2.75, 3.05) is 13.6 Å². The zero-order chi connectivity index (χ0) is 13.8. The molecule has 0 aliphatic carbocycles. The van der Waals surface area contributed by atoms with Crippen LogP contribution in [0.2, 0.25) is 5.02 Å². The second kappa shape index (κ2) is 6.55. The largest absolute Gasteiger partial charge is 0.389 e. The van der Waals surface area contributed by atoms with Crippen LogP contribution in [0.15, 0.2) is 24.3 Å². The van der Waals surface area contributed by atoms with Gasteiger partial charge in [0.1, 0.15) is 0 Å². The monoisotopic (exact) mass is 269 g/mol. The maximum Gasteiger partial charge on any atom is 0.0769 e. The summed E-state index contributed by atoms with van der Waals surface area (Å²) in [6.07, 6.45) is 1.55. The van der Waals surface area contributed by atoms with Gasteiger partial charge in [0, 0.05) is 17.6 Å². The normalized spacial score (nSPS) is 13.9. The molecule has 18 heavy (non-hydrogen) atoms. The molecule has 1 aromatic carbocycles. The van der Waals surface area contributed by atoms with Gasteiger partial charge in [-0.15, -0.1) is 0 Å². The van der Waals surface area contributed by atoms with Gasteiger partial charge in [0.25, 0.3) is 0 Å². The van der Waals surface area contributed by atoms with E-state index in [1.165, 1.54) is 5.56 Å². The van der Waals surface area contributed by atoms with Crippen molar-refractivity contribution in [3.63, 3.8) is 0 Å². The first-order valence-corrected chi connectivity index (χ1v) is 6.97. The Kier molecular flexibility index (Phi) is 5.64. The molecular formula is C15H24ClNO. The topological polar surface area (TPSA) is 23.5 Å². The minimum atomic E-state index is -0.596. The lowest BCUT2D eigenvalue weighted by atomic mass is 9.95. The molecule has 0 aromatic heterocycles. The van der Waals surface area contributed by atoms with Crippen molar-refractivity contribution in [1.29, 1.82) is 0 Å². The molecule has 0 amide bonds. The molecule has 1 N–H and O–H groups in total. The standard InChI is InChI=1S/C15H24ClNO/c1-5-15(18,6-2)11-17(4)12(3)13-8-7-9-14(16)10-13/h7-10,12,18H,5-6,11H2,1-4H3. The summed E-state index contributed by atoms with van der Waals surface area (Å²) in [5.41, 5.74) is 0.584. The molecule has 0 bridgehead atoms. The van der Waals surface area contributed by atoms with E-state index < -0.39 is 5.60 Å². The molecule has 0 aliphatic heterocycles. The molecule has 1 rings (SSSR count). The van der Waals surface area contributed by atoms with E-state index in [1.807, 2.05) is 39.1 Å². The van der Waals surface area contributed by atoms with Gasteiger partial charge in [-0.3, -0.25) is 4.90 Å². The van der Waals surface area contributed by atoms with Crippen LogP contribution in [0.25, 0.3) is 0 Å². The van der Waals surface area contributed by atoms with Crippen LogP contribution in [-0.4, -0.2) is 29.2 Å². The molecular weight excluding hydrogens is 246 g/mol. The smallest absolute Gasteiger partial charge is 0.0769 e. The van der Waals surface area contributed by atoms with Gasteiger partial charge in [0.15, 0.2) is 0 Å². The van der Waals surface area contributed by atoms with Crippen LogP contribution in [0.4, 0.5) is 0 Å². The molecule has 1 aromatic rings. The number of likely N-dealkylation sites (N-methyl/N-ethyl adjacent to an activating group) is 1. The van der Waals surface area contributed by atoms with Crippen molar-refractivity contribution in [2.24, 2.45) is 0 Å². The van der Waals surface area contributed by atoms with E-state index in [-0.39, 0.29) is 6.04 Å². The predicted molar refractivity (Wildman–Crippen MR) is 78.0 cm³/mol. The lowest BCUT2D eigenvalue weighted by molar-refractivity contribution is -0.00559. The molecule has 1 unspecified atom stereocenters. The molecule has 3 heteroatoms. The third-order valence-corrected chi connectivity index (χ3v) is 4.09. The van der Waals surface area contributed by atoms with Crippen molar-refractivity contribution in [3.8, 4) is 0 Å². The summed E-state index contributed by atoms with van der Waals surface area (Å²) >= 11 is 6.01. The van der Waals surface area contributed by atoms with Gasteiger partial charge < -0.3 is 5.11 Å². The lowest BCUT2D eigenvalue weighted by Gasteiger charge is -2.34. The summed E-state index contributed by atoms with van der Waals surface area (Å²) in [6.45, 7) is 6.87. The SMILES string of the molecule is CCC(O)(CC)CN(C)C(C)c1cccc(Cl)c1. The first-order valence-electron chi connectivity index (χ1n) is 6.60. The van der Waals surface area contributed by atoms with E-state index in [9.17, 15) is 5.11 Å². The van der Waals surface area contributed by atoms with Crippen LogP contribution < -0.4 is 0 Å². The predicted octanol–water partition coefficient (Wildman–Crippen LogP) is 3.88. The Bertz CT molecular complexity index is 377. The fourth-order valence-electron chi connectivity index (χ4n) is 2.10. The highest BCUT2D eigenvalue weighted by molar-refractivity contribution is 6.30. The first-order chi connectivity index (χ1) is 8.41. The molecule has 0 aliphatic rings. The van der Waals surface area contributed by atoms with Gasteiger partial charge in [-0.05, 0) is 44.5 Å². The van der Waals surface area contributed by atoms with E-state index >= 15 is 0 Å². The minimum Gasteiger partial charge on any atom is -0.389 e. The maximum atomic E-state index is 10.4. The number of benzene rings is 1. The second-order valence-corrected chi connectivity index (χ2v) is 5.51. The fraction of sp³-hybridized carbons (Fsp3) is 0.600. The number of halogens is 1. The van der Waals surface area contributed by atoms with E-state index in [4.69, 9.17) is 11.6 Å². The van der Waals surface area contributed by atoms with E-state index in [1.54, 1.807) is 0 Å². The van der Waals surface area contributed by atoms with Crippen LogP contribution >= 0.6 is 11.6 Å². The van der Waals surface area contributed by atoms with E-state index in [2.05, 4.69) is 17.9 Å². The molecule has 1 atom stereocenters. The first kappa shape index (κ1) is 15.5. The third kappa shape index (κ3) is 3.98. The summed E-state index contributed by atoms with van der Waals surface area (Å²) in [7, 11) is 2.04. The molecule has 0 saturated carbocycles. The minimum absolute atomic E-state index is 0.244. The number of aliphatic hydroxyl groups is 1. The van der Waals surface area contributed by atoms with Gasteiger partial charge in [-0.2, -0.15) is 0 Å². The average molecular weight is 270 g/mol.